The van der Waals surface area contributed by atoms with Gasteiger partial charge in [0.1, 0.15) is 16.4 Å². The average Bonchev–Trinajstić information content (AvgIpc) is 2.31. The van der Waals surface area contributed by atoms with Crippen LogP contribution in [0.3, 0.4) is 0 Å². The maximum Gasteiger partial charge on any atom is 0.246 e. The summed E-state index contributed by atoms with van der Waals surface area (Å²) in [6.45, 7) is 3.29. The van der Waals surface area contributed by atoms with Crippen molar-refractivity contribution >= 4 is 15.7 Å². The predicted octanol–water partition coefficient (Wildman–Crippen LogP) is 0.938. The number of nitrogens with two attached hydrogens (primary N) is 1. The molecule has 0 aliphatic carbocycles. The number of rotatable bonds is 3. The number of nitrogens with zero attached hydrogens (tertiary/aromatic N) is 1. The highest BCUT2D eigenvalue weighted by Gasteiger charge is 2.49. The summed E-state index contributed by atoms with van der Waals surface area (Å²) < 4.78 is 52.2. The number of β-amino-alcohol motifs (C(OH)–C–C–N with tert-alkyl or cyclic N) is 1. The highest BCUT2D eigenvalue weighted by Crippen LogP contribution is 2.34. The molecule has 8 heteroatoms. The lowest BCUT2D eigenvalue weighted by Gasteiger charge is -2.47. The topological polar surface area (TPSA) is 83.6 Å². The Labute approximate surface area is 116 Å². The summed E-state index contributed by atoms with van der Waals surface area (Å²) in [4.78, 5) is -0.679. The third-order valence-corrected chi connectivity index (χ3v) is 5.49. The van der Waals surface area contributed by atoms with Crippen molar-refractivity contribution in [2.45, 2.75) is 24.3 Å². The summed E-state index contributed by atoms with van der Waals surface area (Å²) in [6, 6.07) is 1.64. The van der Waals surface area contributed by atoms with E-state index >= 15 is 0 Å². The van der Waals surface area contributed by atoms with Crippen molar-refractivity contribution in [3.05, 3.63) is 23.8 Å². The molecular formula is C12H16F2N2O3S. The van der Waals surface area contributed by atoms with Gasteiger partial charge in [0.2, 0.25) is 10.0 Å². The Morgan fingerprint density at radius 2 is 1.90 bits per heavy atom. The third kappa shape index (κ3) is 2.17. The van der Waals surface area contributed by atoms with E-state index in [1.165, 1.54) is 0 Å². The zero-order valence-electron chi connectivity index (χ0n) is 11.1. The van der Waals surface area contributed by atoms with Gasteiger partial charge in [-0.1, -0.05) is 13.8 Å². The van der Waals surface area contributed by atoms with Gasteiger partial charge in [0.05, 0.1) is 5.60 Å². The number of nitrogen functional groups attached to an aromatic ring is 1. The lowest BCUT2D eigenvalue weighted by Crippen LogP contribution is -2.65. The Morgan fingerprint density at radius 1 is 1.35 bits per heavy atom. The van der Waals surface area contributed by atoms with Crippen LogP contribution in [-0.2, 0) is 10.0 Å². The molecule has 1 aliphatic heterocycles. The summed E-state index contributed by atoms with van der Waals surface area (Å²) in [7, 11) is -4.13. The van der Waals surface area contributed by atoms with E-state index in [0.29, 0.717) is 0 Å². The SMILES string of the molecule is CC(C)C1(O)CN(S(=O)(=O)c2ccc(F)c(N)c2F)C1. The standard InChI is InChI=1S/C12H16F2N2O3S/c1-7(2)12(17)5-16(6-12)20(18,19)9-4-3-8(13)11(15)10(9)14/h3-4,7,17H,5-6,15H2,1-2H3. The van der Waals surface area contributed by atoms with E-state index in [1.54, 1.807) is 13.8 Å². The first kappa shape index (κ1) is 15.1. The van der Waals surface area contributed by atoms with Crippen molar-refractivity contribution in [2.75, 3.05) is 18.8 Å². The van der Waals surface area contributed by atoms with Gasteiger partial charge in [-0.15, -0.1) is 0 Å². The van der Waals surface area contributed by atoms with Gasteiger partial charge >= 0.3 is 0 Å². The second-order valence-electron chi connectivity index (χ2n) is 5.30. The first-order chi connectivity index (χ1) is 9.09. The second kappa shape index (κ2) is 4.64. The predicted molar refractivity (Wildman–Crippen MR) is 69.3 cm³/mol. The monoisotopic (exact) mass is 306 g/mol. The normalized spacial score (nSPS) is 19.1. The molecule has 20 heavy (non-hydrogen) atoms. The average molecular weight is 306 g/mol. The molecule has 0 spiro atoms. The van der Waals surface area contributed by atoms with Crippen LogP contribution in [0.2, 0.25) is 0 Å². The Kier molecular flexibility index (Phi) is 3.52. The quantitative estimate of drug-likeness (QED) is 0.814. The van der Waals surface area contributed by atoms with Crippen molar-refractivity contribution in [1.29, 1.82) is 0 Å². The van der Waals surface area contributed by atoms with Gasteiger partial charge in [0, 0.05) is 13.1 Å². The van der Waals surface area contributed by atoms with Crippen molar-refractivity contribution in [3.8, 4) is 0 Å². The van der Waals surface area contributed by atoms with Crippen LogP contribution in [-0.4, -0.2) is 36.5 Å². The molecule has 0 atom stereocenters. The zero-order valence-corrected chi connectivity index (χ0v) is 11.9. The summed E-state index contributed by atoms with van der Waals surface area (Å²) in [5.41, 5.74) is 3.21. The highest BCUT2D eigenvalue weighted by molar-refractivity contribution is 7.89. The van der Waals surface area contributed by atoms with Gasteiger partial charge < -0.3 is 10.8 Å². The van der Waals surface area contributed by atoms with Gasteiger partial charge in [-0.25, -0.2) is 17.2 Å². The molecule has 0 amide bonds. The molecule has 0 saturated carbocycles. The number of benzene rings is 1. The maximum absolute atomic E-state index is 13.8. The molecular weight excluding hydrogens is 290 g/mol. The lowest BCUT2D eigenvalue weighted by atomic mass is 9.85. The summed E-state index contributed by atoms with van der Waals surface area (Å²) in [6.07, 6.45) is 0. The van der Waals surface area contributed by atoms with E-state index in [4.69, 9.17) is 5.73 Å². The van der Waals surface area contributed by atoms with Gasteiger partial charge in [0.15, 0.2) is 5.82 Å². The third-order valence-electron chi connectivity index (χ3n) is 3.68. The van der Waals surface area contributed by atoms with Crippen molar-refractivity contribution < 1.29 is 22.3 Å². The van der Waals surface area contributed by atoms with Crippen LogP contribution in [0.25, 0.3) is 0 Å². The molecule has 1 aromatic carbocycles. The van der Waals surface area contributed by atoms with Crippen LogP contribution in [0.15, 0.2) is 17.0 Å². The maximum atomic E-state index is 13.8. The Morgan fingerprint density at radius 3 is 2.40 bits per heavy atom. The molecule has 1 saturated heterocycles. The molecule has 0 radical (unpaired) electrons. The van der Waals surface area contributed by atoms with E-state index in [2.05, 4.69) is 0 Å². The minimum Gasteiger partial charge on any atom is -0.394 e. The van der Waals surface area contributed by atoms with Crippen LogP contribution in [0.5, 0.6) is 0 Å². The molecule has 1 heterocycles. The van der Waals surface area contributed by atoms with Crippen LogP contribution >= 0.6 is 0 Å². The van der Waals surface area contributed by atoms with Crippen LogP contribution in [0.1, 0.15) is 13.8 Å². The first-order valence-corrected chi connectivity index (χ1v) is 7.49. The van der Waals surface area contributed by atoms with E-state index in [9.17, 15) is 22.3 Å². The first-order valence-electron chi connectivity index (χ1n) is 6.05. The fourth-order valence-electron chi connectivity index (χ4n) is 1.99. The molecule has 0 bridgehead atoms. The largest absolute Gasteiger partial charge is 0.394 e. The van der Waals surface area contributed by atoms with E-state index in [1.807, 2.05) is 0 Å². The second-order valence-corrected chi connectivity index (χ2v) is 7.21. The summed E-state index contributed by atoms with van der Waals surface area (Å²) in [5, 5.41) is 10.1. The van der Waals surface area contributed by atoms with E-state index in [0.717, 1.165) is 16.4 Å². The van der Waals surface area contributed by atoms with Crippen molar-refractivity contribution in [2.24, 2.45) is 5.92 Å². The number of hydrogen-bond acceptors (Lipinski definition) is 4. The molecule has 0 unspecified atom stereocenters. The van der Waals surface area contributed by atoms with Crippen molar-refractivity contribution in [1.82, 2.24) is 4.31 Å². The van der Waals surface area contributed by atoms with E-state index in [-0.39, 0.29) is 19.0 Å². The number of aliphatic hydroxyl groups is 1. The highest BCUT2D eigenvalue weighted by atomic mass is 32.2. The fraction of sp³-hybridized carbons (Fsp3) is 0.500. The van der Waals surface area contributed by atoms with Gasteiger partial charge in [-0.05, 0) is 18.1 Å². The van der Waals surface area contributed by atoms with Gasteiger partial charge in [-0.3, -0.25) is 0 Å². The van der Waals surface area contributed by atoms with Gasteiger partial charge in [0.25, 0.3) is 0 Å². The molecule has 1 aromatic rings. The van der Waals surface area contributed by atoms with Crippen LogP contribution in [0.4, 0.5) is 14.5 Å². The lowest BCUT2D eigenvalue weighted by molar-refractivity contribution is -0.0933. The molecule has 1 aliphatic rings. The Hall–Kier alpha value is -1.25. The van der Waals surface area contributed by atoms with Crippen LogP contribution in [0, 0.1) is 17.6 Å². The van der Waals surface area contributed by atoms with Crippen LogP contribution < -0.4 is 5.73 Å². The molecule has 3 N–H and O–H groups in total. The van der Waals surface area contributed by atoms with Crippen molar-refractivity contribution in [3.63, 3.8) is 0 Å². The number of sulfonamides is 1. The van der Waals surface area contributed by atoms with E-state index < -0.39 is 37.8 Å². The summed E-state index contributed by atoms with van der Waals surface area (Å²) >= 11 is 0. The zero-order chi connectivity index (χ0) is 15.3. The van der Waals surface area contributed by atoms with Gasteiger partial charge in [-0.2, -0.15) is 4.31 Å². The molecule has 1 fully saturated rings. The number of anilines is 1. The smallest absolute Gasteiger partial charge is 0.246 e. The minimum absolute atomic E-state index is 0.121. The number of hydrogen-bond donors (Lipinski definition) is 2. The molecule has 5 nitrogen and oxygen atoms in total. The number of halogens is 2. The Balaban J connectivity index is 2.33. The summed E-state index contributed by atoms with van der Waals surface area (Å²) in [5.74, 6) is -2.44. The minimum atomic E-state index is -4.13. The molecule has 2 rings (SSSR count). The molecule has 112 valence electrons. The molecule has 0 aromatic heterocycles. The Bertz CT molecular complexity index is 640. The fourth-order valence-corrected chi connectivity index (χ4v) is 3.63.